The van der Waals surface area contributed by atoms with E-state index >= 15 is 0 Å². The van der Waals surface area contributed by atoms with Crippen LogP contribution >= 0.6 is 0 Å². The van der Waals surface area contributed by atoms with Crippen LogP contribution in [0.1, 0.15) is 25.0 Å². The fraction of sp³-hybridized carbons (Fsp3) is 0.250. The first-order valence-electron chi connectivity index (χ1n) is 10.9. The van der Waals surface area contributed by atoms with E-state index in [-0.39, 0.29) is 19.8 Å². The van der Waals surface area contributed by atoms with E-state index in [2.05, 4.69) is 49.9 Å². The van der Waals surface area contributed by atoms with Crippen LogP contribution in [-0.4, -0.2) is 30.9 Å². The molecule has 0 aliphatic heterocycles. The zero-order valence-corrected chi connectivity index (χ0v) is 18.8. The van der Waals surface area contributed by atoms with Gasteiger partial charge in [-0.3, -0.25) is 0 Å². The van der Waals surface area contributed by atoms with E-state index in [1.165, 1.54) is 22.3 Å². The van der Waals surface area contributed by atoms with Gasteiger partial charge >= 0.3 is 5.97 Å². The van der Waals surface area contributed by atoms with Crippen molar-refractivity contribution in [2.45, 2.75) is 26.7 Å². The number of hydrogen-bond donors (Lipinski definition) is 1. The van der Waals surface area contributed by atoms with Crippen molar-refractivity contribution in [3.63, 3.8) is 0 Å². The van der Waals surface area contributed by atoms with E-state index < -0.39 is 5.97 Å². The Morgan fingerprint density at radius 1 is 0.906 bits per heavy atom. The molecule has 3 rings (SSSR count). The minimum atomic E-state index is -0.399. The van der Waals surface area contributed by atoms with Crippen LogP contribution in [0, 0.1) is 0 Å². The summed E-state index contributed by atoms with van der Waals surface area (Å²) < 4.78 is 11.0. The van der Waals surface area contributed by atoms with Crippen molar-refractivity contribution in [1.29, 1.82) is 0 Å². The van der Waals surface area contributed by atoms with Crippen molar-refractivity contribution in [2.75, 3.05) is 19.8 Å². The van der Waals surface area contributed by atoms with E-state index in [1.807, 2.05) is 30.3 Å². The molecule has 32 heavy (non-hydrogen) atoms. The molecule has 4 heteroatoms. The lowest BCUT2D eigenvalue weighted by atomic mass is 9.92. The molecule has 0 aromatic heterocycles. The molecule has 166 valence electrons. The molecule has 3 aromatic rings. The number of ether oxygens (including phenoxy) is 2. The van der Waals surface area contributed by atoms with Gasteiger partial charge in [0.25, 0.3) is 0 Å². The number of esters is 1. The molecule has 0 unspecified atom stereocenters. The standard InChI is InChI=1S/C28H30O4/c1-4-21-18-23(22-8-6-5-7-9-22)10-12-26(21)24-11-13-27(31-17-15-29)25(19-24)14-16-32-28(30)20(2)3/h5-13,18-19,29H,2,4,14-17H2,1,3H3. The summed E-state index contributed by atoms with van der Waals surface area (Å²) >= 11 is 0. The van der Waals surface area contributed by atoms with Gasteiger partial charge in [0.05, 0.1) is 13.2 Å². The highest BCUT2D eigenvalue weighted by Gasteiger charge is 2.12. The van der Waals surface area contributed by atoms with Crippen LogP contribution in [0.25, 0.3) is 22.3 Å². The second-order valence-electron chi connectivity index (χ2n) is 7.65. The summed E-state index contributed by atoms with van der Waals surface area (Å²) in [6, 6.07) is 22.9. The Kier molecular flexibility index (Phi) is 8.23. The van der Waals surface area contributed by atoms with Gasteiger partial charge in [-0.25, -0.2) is 4.79 Å². The lowest BCUT2D eigenvalue weighted by Crippen LogP contribution is -2.10. The van der Waals surface area contributed by atoms with Crippen LogP contribution in [0.2, 0.25) is 0 Å². The molecule has 0 atom stereocenters. The third-order valence-electron chi connectivity index (χ3n) is 5.27. The van der Waals surface area contributed by atoms with Gasteiger partial charge < -0.3 is 14.6 Å². The lowest BCUT2D eigenvalue weighted by Gasteiger charge is -2.16. The Balaban J connectivity index is 1.91. The van der Waals surface area contributed by atoms with Gasteiger partial charge in [-0.15, -0.1) is 0 Å². The van der Waals surface area contributed by atoms with Crippen molar-refractivity contribution in [3.05, 3.63) is 90.0 Å². The predicted octanol–water partition coefficient (Wildman–Crippen LogP) is 5.62. The normalized spacial score (nSPS) is 10.6. The fourth-order valence-electron chi connectivity index (χ4n) is 3.59. The van der Waals surface area contributed by atoms with Gasteiger partial charge in [0.2, 0.25) is 0 Å². The molecule has 1 N–H and O–H groups in total. The summed E-state index contributed by atoms with van der Waals surface area (Å²) in [6.45, 7) is 7.78. The van der Waals surface area contributed by atoms with Crippen molar-refractivity contribution < 1.29 is 19.4 Å². The Morgan fingerprint density at radius 3 is 2.31 bits per heavy atom. The molecule has 3 aromatic carbocycles. The van der Waals surface area contributed by atoms with Crippen LogP contribution < -0.4 is 4.74 Å². The maximum atomic E-state index is 11.7. The zero-order chi connectivity index (χ0) is 22.9. The second-order valence-corrected chi connectivity index (χ2v) is 7.65. The highest BCUT2D eigenvalue weighted by molar-refractivity contribution is 5.86. The van der Waals surface area contributed by atoms with Crippen molar-refractivity contribution in [3.8, 4) is 28.0 Å². The molecular weight excluding hydrogens is 400 g/mol. The Labute approximate surface area is 190 Å². The summed E-state index contributed by atoms with van der Waals surface area (Å²) in [5.74, 6) is 0.289. The number of benzene rings is 3. The van der Waals surface area contributed by atoms with Crippen LogP contribution in [0.3, 0.4) is 0 Å². The average Bonchev–Trinajstić information content (AvgIpc) is 2.83. The predicted molar refractivity (Wildman–Crippen MR) is 129 cm³/mol. The number of rotatable bonds is 10. The van der Waals surface area contributed by atoms with Gasteiger partial charge in [0.15, 0.2) is 0 Å². The molecule has 0 aliphatic rings. The van der Waals surface area contributed by atoms with Crippen LogP contribution in [0.4, 0.5) is 0 Å². The van der Waals surface area contributed by atoms with Crippen molar-refractivity contribution in [1.82, 2.24) is 0 Å². The van der Waals surface area contributed by atoms with Gasteiger partial charge in [-0.2, -0.15) is 0 Å². The monoisotopic (exact) mass is 430 g/mol. The quantitative estimate of drug-likeness (QED) is 0.335. The number of hydrogen-bond acceptors (Lipinski definition) is 4. The summed E-state index contributed by atoms with van der Waals surface area (Å²) in [7, 11) is 0. The van der Waals surface area contributed by atoms with Gasteiger partial charge in [0, 0.05) is 12.0 Å². The van der Waals surface area contributed by atoms with Gasteiger partial charge in [0.1, 0.15) is 12.4 Å². The maximum Gasteiger partial charge on any atom is 0.333 e. The fourth-order valence-corrected chi connectivity index (χ4v) is 3.59. The largest absolute Gasteiger partial charge is 0.491 e. The minimum Gasteiger partial charge on any atom is -0.491 e. The first kappa shape index (κ1) is 23.3. The summed E-state index contributed by atoms with van der Waals surface area (Å²) in [5, 5.41) is 9.15. The smallest absolute Gasteiger partial charge is 0.333 e. The summed E-state index contributed by atoms with van der Waals surface area (Å²) in [6.07, 6.45) is 1.42. The lowest BCUT2D eigenvalue weighted by molar-refractivity contribution is -0.138. The van der Waals surface area contributed by atoms with Crippen LogP contribution in [0.5, 0.6) is 5.75 Å². The zero-order valence-electron chi connectivity index (χ0n) is 18.8. The number of aliphatic hydroxyl groups is 1. The molecule has 0 heterocycles. The van der Waals surface area contributed by atoms with E-state index in [0.29, 0.717) is 17.7 Å². The van der Waals surface area contributed by atoms with E-state index in [9.17, 15) is 4.79 Å². The van der Waals surface area contributed by atoms with Gasteiger partial charge in [-0.05, 0) is 58.9 Å². The molecule has 0 saturated heterocycles. The van der Waals surface area contributed by atoms with Gasteiger partial charge in [-0.1, -0.05) is 68.1 Å². The first-order valence-corrected chi connectivity index (χ1v) is 10.9. The summed E-state index contributed by atoms with van der Waals surface area (Å²) in [4.78, 5) is 11.7. The molecule has 4 nitrogen and oxygen atoms in total. The molecule has 0 amide bonds. The third-order valence-corrected chi connectivity index (χ3v) is 5.27. The molecule has 0 radical (unpaired) electrons. The minimum absolute atomic E-state index is 0.0627. The first-order chi connectivity index (χ1) is 15.5. The highest BCUT2D eigenvalue weighted by atomic mass is 16.5. The number of carbonyl (C=O) groups is 1. The van der Waals surface area contributed by atoms with E-state index in [0.717, 1.165) is 17.5 Å². The molecule has 0 saturated carbocycles. The van der Waals surface area contributed by atoms with E-state index in [4.69, 9.17) is 14.6 Å². The van der Waals surface area contributed by atoms with Crippen molar-refractivity contribution in [2.24, 2.45) is 0 Å². The topological polar surface area (TPSA) is 55.8 Å². The molecule has 0 bridgehead atoms. The van der Waals surface area contributed by atoms with Crippen LogP contribution in [-0.2, 0) is 22.4 Å². The Morgan fingerprint density at radius 2 is 1.62 bits per heavy atom. The highest BCUT2D eigenvalue weighted by Crippen LogP contribution is 2.32. The third kappa shape index (κ3) is 5.86. The van der Waals surface area contributed by atoms with E-state index in [1.54, 1.807) is 6.92 Å². The molecular formula is C28H30O4. The molecule has 0 aliphatic carbocycles. The maximum absolute atomic E-state index is 11.7. The molecule has 0 fully saturated rings. The molecule has 0 spiro atoms. The number of aliphatic hydroxyl groups excluding tert-OH is 1. The average molecular weight is 431 g/mol. The van der Waals surface area contributed by atoms with Crippen molar-refractivity contribution >= 4 is 5.97 Å². The number of aryl methyl sites for hydroxylation is 1. The summed E-state index contributed by atoms with van der Waals surface area (Å²) in [5.41, 5.74) is 7.21. The Hall–Kier alpha value is -3.37. The SMILES string of the molecule is C=C(C)C(=O)OCCc1cc(-c2ccc(-c3ccccc3)cc2CC)ccc1OCCO. The second kappa shape index (κ2) is 11.3. The number of carbonyl (C=O) groups excluding carboxylic acids is 1. The Bertz CT molecular complexity index is 1070. The van der Waals surface area contributed by atoms with Crippen LogP contribution in [0.15, 0.2) is 78.9 Å².